The molecule has 2 aromatic heterocycles. The van der Waals surface area contributed by atoms with Crippen LogP contribution in [0.5, 0.6) is 0 Å². The first kappa shape index (κ1) is 18.7. The van der Waals surface area contributed by atoms with Gasteiger partial charge in [0.05, 0.1) is 12.7 Å². The number of benzene rings is 2. The van der Waals surface area contributed by atoms with E-state index in [1.807, 2.05) is 59.4 Å². The second-order valence-corrected chi connectivity index (χ2v) is 6.78. The van der Waals surface area contributed by atoms with Gasteiger partial charge in [0.2, 0.25) is 5.91 Å². The number of carbonyl (C=O) groups is 1. The highest BCUT2D eigenvalue weighted by Crippen LogP contribution is 2.20. The van der Waals surface area contributed by atoms with Gasteiger partial charge < -0.3 is 9.73 Å². The zero-order valence-electron chi connectivity index (χ0n) is 16.0. The molecule has 6 nitrogen and oxygen atoms in total. The predicted molar refractivity (Wildman–Crippen MR) is 110 cm³/mol. The number of rotatable bonds is 8. The Bertz CT molecular complexity index is 1060. The summed E-state index contributed by atoms with van der Waals surface area (Å²) in [5, 5.41) is 7.18. The Hall–Kier alpha value is -3.67. The summed E-state index contributed by atoms with van der Waals surface area (Å²) in [4.78, 5) is 16.5. The topological polar surface area (TPSA) is 73.0 Å². The van der Waals surface area contributed by atoms with Crippen molar-refractivity contribution >= 4 is 5.91 Å². The van der Waals surface area contributed by atoms with Crippen molar-refractivity contribution in [2.24, 2.45) is 0 Å². The van der Waals surface area contributed by atoms with Gasteiger partial charge in [0.15, 0.2) is 11.7 Å². The Morgan fingerprint density at radius 2 is 1.90 bits per heavy atom. The molecule has 0 fully saturated rings. The van der Waals surface area contributed by atoms with Crippen LogP contribution in [0, 0.1) is 0 Å². The van der Waals surface area contributed by atoms with Crippen molar-refractivity contribution < 1.29 is 9.21 Å². The molecule has 1 amide bonds. The second kappa shape index (κ2) is 9.01. The van der Waals surface area contributed by atoms with Gasteiger partial charge in [0.1, 0.15) is 0 Å². The number of aryl methyl sites for hydroxylation is 1. The van der Waals surface area contributed by atoms with Gasteiger partial charge in [-0.25, -0.2) is 4.98 Å². The van der Waals surface area contributed by atoms with Gasteiger partial charge in [0, 0.05) is 37.3 Å². The Morgan fingerprint density at radius 3 is 2.72 bits per heavy atom. The molecule has 0 saturated carbocycles. The number of amides is 1. The maximum Gasteiger partial charge on any atom is 0.220 e. The molecule has 0 unspecified atom stereocenters. The molecule has 0 spiro atoms. The first-order chi connectivity index (χ1) is 14.3. The van der Waals surface area contributed by atoms with E-state index in [4.69, 9.17) is 4.42 Å². The molecule has 29 heavy (non-hydrogen) atoms. The quantitative estimate of drug-likeness (QED) is 0.499. The molecule has 6 heteroatoms. The number of hydrogen-bond acceptors (Lipinski definition) is 4. The van der Waals surface area contributed by atoms with Crippen molar-refractivity contribution in [3.05, 3.63) is 96.3 Å². The molecule has 0 saturated heterocycles. The lowest BCUT2D eigenvalue weighted by atomic mass is 10.1. The molecule has 0 atom stereocenters. The van der Waals surface area contributed by atoms with Crippen LogP contribution in [0.2, 0.25) is 0 Å². The highest BCUT2D eigenvalue weighted by atomic mass is 16.4. The van der Waals surface area contributed by atoms with Gasteiger partial charge in [0.25, 0.3) is 0 Å². The minimum atomic E-state index is -0.0260. The first-order valence-corrected chi connectivity index (χ1v) is 9.58. The molecule has 1 N–H and O–H groups in total. The van der Waals surface area contributed by atoms with E-state index in [1.165, 1.54) is 0 Å². The fourth-order valence-electron chi connectivity index (χ4n) is 3.09. The fraction of sp³-hybridized carbons (Fsp3) is 0.174. The Kier molecular flexibility index (Phi) is 5.81. The second-order valence-electron chi connectivity index (χ2n) is 6.78. The van der Waals surface area contributed by atoms with E-state index in [-0.39, 0.29) is 5.91 Å². The van der Waals surface area contributed by atoms with Gasteiger partial charge >= 0.3 is 0 Å². The molecule has 4 aromatic rings. The van der Waals surface area contributed by atoms with Crippen molar-refractivity contribution in [1.82, 2.24) is 20.1 Å². The molecule has 0 bridgehead atoms. The third-order valence-electron chi connectivity index (χ3n) is 4.56. The number of nitrogens with one attached hydrogen (secondary N) is 1. The monoisotopic (exact) mass is 386 g/mol. The van der Waals surface area contributed by atoms with E-state index in [2.05, 4.69) is 27.5 Å². The molecule has 2 aromatic carbocycles. The predicted octanol–water partition coefficient (Wildman–Crippen LogP) is 3.84. The van der Waals surface area contributed by atoms with E-state index in [9.17, 15) is 4.79 Å². The zero-order chi connectivity index (χ0) is 19.9. The largest absolute Gasteiger partial charge is 0.441 e. The Balaban J connectivity index is 1.26. The van der Waals surface area contributed by atoms with Crippen LogP contribution in [0.25, 0.3) is 11.3 Å². The summed E-state index contributed by atoms with van der Waals surface area (Å²) in [6.07, 6.45) is 6.20. The van der Waals surface area contributed by atoms with Crippen molar-refractivity contribution in [3.63, 3.8) is 0 Å². The summed E-state index contributed by atoms with van der Waals surface area (Å²) in [6.45, 7) is 1.20. The van der Waals surface area contributed by atoms with Crippen LogP contribution in [0.4, 0.5) is 0 Å². The zero-order valence-corrected chi connectivity index (χ0v) is 16.0. The summed E-state index contributed by atoms with van der Waals surface area (Å²) in [7, 11) is 0. The molecule has 146 valence electrons. The molecule has 0 aliphatic rings. The van der Waals surface area contributed by atoms with Crippen molar-refractivity contribution in [1.29, 1.82) is 0 Å². The number of carbonyl (C=O) groups excluding carboxylic acids is 1. The van der Waals surface area contributed by atoms with Crippen molar-refractivity contribution in [2.75, 3.05) is 0 Å². The van der Waals surface area contributed by atoms with Gasteiger partial charge in [-0.15, -0.1) is 0 Å². The van der Waals surface area contributed by atoms with Crippen LogP contribution in [-0.2, 0) is 24.3 Å². The van der Waals surface area contributed by atoms with Gasteiger partial charge in [-0.2, -0.15) is 5.10 Å². The fourth-order valence-corrected chi connectivity index (χ4v) is 3.09. The lowest BCUT2D eigenvalue weighted by molar-refractivity contribution is -0.121. The smallest absolute Gasteiger partial charge is 0.220 e. The van der Waals surface area contributed by atoms with Gasteiger partial charge in [-0.05, 0) is 17.2 Å². The molecule has 0 aliphatic carbocycles. The highest BCUT2D eigenvalue weighted by Gasteiger charge is 2.09. The summed E-state index contributed by atoms with van der Waals surface area (Å²) in [5.41, 5.74) is 3.19. The average molecular weight is 386 g/mol. The molecule has 2 heterocycles. The Morgan fingerprint density at radius 1 is 1.03 bits per heavy atom. The maximum absolute atomic E-state index is 12.2. The normalized spacial score (nSPS) is 10.8. The third-order valence-corrected chi connectivity index (χ3v) is 4.56. The Labute approximate surface area is 169 Å². The minimum absolute atomic E-state index is 0.0260. The summed E-state index contributed by atoms with van der Waals surface area (Å²) in [6, 6.07) is 19.9. The van der Waals surface area contributed by atoms with Crippen LogP contribution < -0.4 is 5.32 Å². The van der Waals surface area contributed by atoms with E-state index >= 15 is 0 Å². The molecule has 0 aliphatic heterocycles. The summed E-state index contributed by atoms with van der Waals surface area (Å²) < 4.78 is 7.62. The molecule has 0 radical (unpaired) electrons. The lowest BCUT2D eigenvalue weighted by Gasteiger charge is -2.07. The third kappa shape index (κ3) is 5.19. The van der Waals surface area contributed by atoms with E-state index in [0.29, 0.717) is 31.8 Å². The van der Waals surface area contributed by atoms with Gasteiger partial charge in [-0.1, -0.05) is 54.6 Å². The van der Waals surface area contributed by atoms with Crippen molar-refractivity contribution in [3.8, 4) is 11.3 Å². The molecular weight excluding hydrogens is 364 g/mol. The highest BCUT2D eigenvalue weighted by molar-refractivity contribution is 5.76. The van der Waals surface area contributed by atoms with Crippen LogP contribution in [-0.4, -0.2) is 20.7 Å². The number of oxazole rings is 1. The average Bonchev–Trinajstić information content (AvgIpc) is 3.44. The van der Waals surface area contributed by atoms with Crippen LogP contribution in [0.1, 0.15) is 23.4 Å². The number of aromatic nitrogens is 3. The number of nitrogens with zero attached hydrogens (tertiary/aromatic N) is 3. The van der Waals surface area contributed by atoms with Crippen molar-refractivity contribution in [2.45, 2.75) is 25.9 Å². The lowest BCUT2D eigenvalue weighted by Crippen LogP contribution is -2.23. The van der Waals surface area contributed by atoms with E-state index in [0.717, 1.165) is 22.5 Å². The summed E-state index contributed by atoms with van der Waals surface area (Å²) >= 11 is 0. The standard InChI is InChI=1S/C23H22N4O2/c28-22(10-11-23-25-16-21(29-23)20-8-2-1-3-9-20)24-15-18-6-4-7-19(14-18)17-27-13-5-12-26-27/h1-9,12-14,16H,10-11,15,17H2,(H,24,28). The van der Waals surface area contributed by atoms with E-state index in [1.54, 1.807) is 12.4 Å². The first-order valence-electron chi connectivity index (χ1n) is 9.58. The van der Waals surface area contributed by atoms with Crippen LogP contribution >= 0.6 is 0 Å². The maximum atomic E-state index is 12.2. The van der Waals surface area contributed by atoms with Gasteiger partial charge in [-0.3, -0.25) is 9.48 Å². The van der Waals surface area contributed by atoms with Crippen LogP contribution in [0.3, 0.4) is 0 Å². The summed E-state index contributed by atoms with van der Waals surface area (Å²) in [5.74, 6) is 1.26. The number of hydrogen-bond donors (Lipinski definition) is 1. The molecular formula is C23H22N4O2. The SMILES string of the molecule is O=C(CCc1ncc(-c2ccccc2)o1)NCc1cccc(Cn2cccn2)c1. The molecule has 4 rings (SSSR count). The van der Waals surface area contributed by atoms with Crippen LogP contribution in [0.15, 0.2) is 83.7 Å². The van der Waals surface area contributed by atoms with E-state index < -0.39 is 0 Å². The minimum Gasteiger partial charge on any atom is -0.441 e.